The molecule has 2 aromatic rings. The van der Waals surface area contributed by atoms with Crippen LogP contribution in [-0.2, 0) is 9.59 Å². The van der Waals surface area contributed by atoms with E-state index in [0.29, 0.717) is 22.3 Å². The second kappa shape index (κ2) is 8.48. The average molecular weight is 407 g/mol. The highest BCUT2D eigenvalue weighted by molar-refractivity contribution is 6.15. The first-order valence-electron chi connectivity index (χ1n) is 8.95. The van der Waals surface area contributed by atoms with Crippen molar-refractivity contribution in [1.82, 2.24) is 4.90 Å². The lowest BCUT2D eigenvalue weighted by Crippen LogP contribution is -2.40. The maximum Gasteiger partial charge on any atom is 0.269 e. The zero-order valence-corrected chi connectivity index (χ0v) is 16.0. The van der Waals surface area contributed by atoms with Crippen LogP contribution in [-0.4, -0.2) is 39.5 Å². The Bertz CT molecular complexity index is 1010. The van der Waals surface area contributed by atoms with Crippen LogP contribution in [0.4, 0.5) is 11.4 Å². The number of non-ortho nitro benzene ring substituents is 2. The van der Waals surface area contributed by atoms with Crippen molar-refractivity contribution in [3.63, 3.8) is 0 Å². The number of carbonyl (C=O) groups excluding carboxylic acids is 2. The summed E-state index contributed by atoms with van der Waals surface area (Å²) in [5.74, 6) is -0.448. The van der Waals surface area contributed by atoms with Crippen LogP contribution in [0.2, 0.25) is 0 Å². The molecule has 1 aliphatic rings. The number of amides is 1. The van der Waals surface area contributed by atoms with Crippen LogP contribution >= 0.6 is 0 Å². The Balaban J connectivity index is 1.94. The number of likely N-dealkylation sites (tertiary alicyclic amines) is 1. The SMILES string of the molecule is CC(=O)N1CC(=Cc2ccc([N+](=O)[O-])cc2)C(=O)C(=Cc2ccc([N+](=O)[O-])cc2)C1. The molecule has 0 radical (unpaired) electrons. The van der Waals surface area contributed by atoms with Gasteiger partial charge in [-0.1, -0.05) is 0 Å². The van der Waals surface area contributed by atoms with Crippen LogP contribution in [0.3, 0.4) is 0 Å². The van der Waals surface area contributed by atoms with Gasteiger partial charge < -0.3 is 4.90 Å². The predicted molar refractivity (Wildman–Crippen MR) is 109 cm³/mol. The lowest BCUT2D eigenvalue weighted by Gasteiger charge is -2.29. The zero-order chi connectivity index (χ0) is 21.8. The largest absolute Gasteiger partial charge is 0.334 e. The maximum absolute atomic E-state index is 13.0. The Kier molecular flexibility index (Phi) is 5.82. The predicted octanol–water partition coefficient (Wildman–Crippen LogP) is 3.40. The monoisotopic (exact) mass is 407 g/mol. The number of ketones is 1. The molecule has 0 unspecified atom stereocenters. The summed E-state index contributed by atoms with van der Waals surface area (Å²) in [6, 6.07) is 11.5. The standard InChI is InChI=1S/C21H17N3O6/c1-14(25)22-12-17(10-15-2-6-19(7-3-15)23(27)28)21(26)18(13-22)11-16-4-8-20(9-5-16)24(29)30/h2-11H,12-13H2,1H3. The van der Waals surface area contributed by atoms with Crippen LogP contribution in [0.1, 0.15) is 18.1 Å². The number of hydrogen-bond acceptors (Lipinski definition) is 6. The van der Waals surface area contributed by atoms with Gasteiger partial charge in [-0.3, -0.25) is 29.8 Å². The van der Waals surface area contributed by atoms with Crippen molar-refractivity contribution in [3.8, 4) is 0 Å². The molecule has 0 spiro atoms. The summed E-state index contributed by atoms with van der Waals surface area (Å²) >= 11 is 0. The lowest BCUT2D eigenvalue weighted by molar-refractivity contribution is -0.385. The van der Waals surface area contributed by atoms with Crippen molar-refractivity contribution in [2.45, 2.75) is 6.92 Å². The van der Waals surface area contributed by atoms with Crippen LogP contribution in [0.25, 0.3) is 12.2 Å². The van der Waals surface area contributed by atoms with Gasteiger partial charge in [0, 0.05) is 55.4 Å². The lowest BCUT2D eigenvalue weighted by atomic mass is 9.94. The number of carbonyl (C=O) groups is 2. The number of nitro benzene ring substituents is 2. The molecule has 1 heterocycles. The fraction of sp³-hybridized carbons (Fsp3) is 0.143. The number of nitrogens with zero attached hydrogens (tertiary/aromatic N) is 3. The van der Waals surface area contributed by atoms with Gasteiger partial charge in [0.25, 0.3) is 11.4 Å². The van der Waals surface area contributed by atoms with Crippen LogP contribution in [0.15, 0.2) is 59.7 Å². The van der Waals surface area contributed by atoms with Crippen molar-refractivity contribution >= 4 is 35.2 Å². The first-order valence-corrected chi connectivity index (χ1v) is 8.95. The van der Waals surface area contributed by atoms with Gasteiger partial charge in [-0.05, 0) is 47.5 Å². The van der Waals surface area contributed by atoms with Gasteiger partial charge in [0.05, 0.1) is 9.85 Å². The number of hydrogen-bond donors (Lipinski definition) is 0. The van der Waals surface area contributed by atoms with E-state index < -0.39 is 9.85 Å². The molecule has 9 nitrogen and oxygen atoms in total. The minimum Gasteiger partial charge on any atom is -0.334 e. The number of benzene rings is 2. The van der Waals surface area contributed by atoms with Crippen molar-refractivity contribution < 1.29 is 19.4 Å². The fourth-order valence-electron chi connectivity index (χ4n) is 3.05. The third-order valence-electron chi connectivity index (χ3n) is 4.64. The molecule has 0 bridgehead atoms. The summed E-state index contributed by atoms with van der Waals surface area (Å²) in [4.78, 5) is 47.0. The van der Waals surface area contributed by atoms with E-state index in [2.05, 4.69) is 0 Å². The molecule has 0 N–H and O–H groups in total. The summed E-state index contributed by atoms with van der Waals surface area (Å²) in [5, 5.41) is 21.6. The van der Waals surface area contributed by atoms with Gasteiger partial charge in [-0.15, -0.1) is 0 Å². The molecular formula is C21H17N3O6. The van der Waals surface area contributed by atoms with Gasteiger partial charge in [-0.2, -0.15) is 0 Å². The molecule has 9 heteroatoms. The summed E-state index contributed by atoms with van der Waals surface area (Å²) in [6.07, 6.45) is 3.20. The molecular weight excluding hydrogens is 390 g/mol. The maximum atomic E-state index is 13.0. The third-order valence-corrected chi connectivity index (χ3v) is 4.64. The normalized spacial score (nSPS) is 16.7. The summed E-state index contributed by atoms with van der Waals surface area (Å²) in [6.45, 7) is 1.66. The quantitative estimate of drug-likeness (QED) is 0.435. The molecule has 0 aromatic heterocycles. The van der Waals surface area contributed by atoms with Crippen molar-refractivity contribution in [1.29, 1.82) is 0 Å². The Morgan fingerprint density at radius 1 is 0.833 bits per heavy atom. The number of nitro groups is 2. The second-order valence-corrected chi connectivity index (χ2v) is 6.74. The first kappa shape index (κ1) is 20.6. The smallest absolute Gasteiger partial charge is 0.269 e. The number of rotatable bonds is 4. The molecule has 1 amide bonds. The van der Waals surface area contributed by atoms with Gasteiger partial charge in [-0.25, -0.2) is 0 Å². The molecule has 1 fully saturated rings. The van der Waals surface area contributed by atoms with E-state index in [4.69, 9.17) is 0 Å². The summed E-state index contributed by atoms with van der Waals surface area (Å²) < 4.78 is 0. The van der Waals surface area contributed by atoms with E-state index in [1.54, 1.807) is 12.2 Å². The first-order chi connectivity index (χ1) is 14.2. The fourth-order valence-corrected chi connectivity index (χ4v) is 3.05. The van der Waals surface area contributed by atoms with E-state index >= 15 is 0 Å². The highest BCUT2D eigenvalue weighted by atomic mass is 16.6. The van der Waals surface area contributed by atoms with Gasteiger partial charge in [0.15, 0.2) is 5.78 Å². The molecule has 30 heavy (non-hydrogen) atoms. The average Bonchev–Trinajstić information content (AvgIpc) is 2.71. The van der Waals surface area contributed by atoms with E-state index in [9.17, 15) is 29.8 Å². The minimum atomic E-state index is -0.509. The van der Waals surface area contributed by atoms with Crippen molar-refractivity contribution in [3.05, 3.63) is 91.0 Å². The molecule has 152 valence electrons. The molecule has 0 saturated carbocycles. The van der Waals surface area contributed by atoms with Gasteiger partial charge >= 0.3 is 0 Å². The highest BCUT2D eigenvalue weighted by Crippen LogP contribution is 2.24. The van der Waals surface area contributed by atoms with Crippen LogP contribution < -0.4 is 0 Å². The third kappa shape index (κ3) is 4.64. The topological polar surface area (TPSA) is 124 Å². The Labute approximate surface area is 171 Å². The molecule has 0 atom stereocenters. The molecule has 1 aliphatic heterocycles. The highest BCUT2D eigenvalue weighted by Gasteiger charge is 2.27. The van der Waals surface area contributed by atoms with E-state index in [1.165, 1.54) is 60.4 Å². The van der Waals surface area contributed by atoms with E-state index in [1.807, 2.05) is 0 Å². The second-order valence-electron chi connectivity index (χ2n) is 6.74. The van der Waals surface area contributed by atoms with Crippen LogP contribution in [0, 0.1) is 20.2 Å². The number of piperidine rings is 1. The van der Waals surface area contributed by atoms with Crippen molar-refractivity contribution in [2.75, 3.05) is 13.1 Å². The molecule has 1 saturated heterocycles. The minimum absolute atomic E-state index is 0.0590. The number of Topliss-reactive ketones (excluding diaryl/α,β-unsaturated/α-hetero) is 1. The van der Waals surface area contributed by atoms with E-state index in [0.717, 1.165) is 0 Å². The zero-order valence-electron chi connectivity index (χ0n) is 16.0. The van der Waals surface area contributed by atoms with Crippen LogP contribution in [0.5, 0.6) is 0 Å². The van der Waals surface area contributed by atoms with Crippen molar-refractivity contribution in [2.24, 2.45) is 0 Å². The molecule has 0 aliphatic carbocycles. The summed E-state index contributed by atoms with van der Waals surface area (Å²) in [5.41, 5.74) is 1.83. The van der Waals surface area contributed by atoms with E-state index in [-0.39, 0.29) is 36.2 Å². The molecule has 2 aromatic carbocycles. The Morgan fingerprint density at radius 2 is 1.20 bits per heavy atom. The Morgan fingerprint density at radius 3 is 1.50 bits per heavy atom. The molecule has 3 rings (SSSR count). The Hall–Kier alpha value is -4.14. The summed E-state index contributed by atoms with van der Waals surface area (Å²) in [7, 11) is 0. The van der Waals surface area contributed by atoms with Gasteiger partial charge in [0.2, 0.25) is 5.91 Å². The van der Waals surface area contributed by atoms with Gasteiger partial charge in [0.1, 0.15) is 0 Å².